The van der Waals surface area contributed by atoms with E-state index in [0.717, 1.165) is 18.1 Å². The highest BCUT2D eigenvalue weighted by Crippen LogP contribution is 2.24. The van der Waals surface area contributed by atoms with Gasteiger partial charge < -0.3 is 10.2 Å². The van der Waals surface area contributed by atoms with Crippen molar-refractivity contribution in [2.24, 2.45) is 0 Å². The minimum atomic E-state index is -2.91. The molecule has 1 aromatic rings. The molecule has 1 fully saturated rings. The van der Waals surface area contributed by atoms with E-state index in [0.29, 0.717) is 12.4 Å². The predicted octanol–water partition coefficient (Wildman–Crippen LogP) is 2.01. The molecule has 0 amide bonds. The first kappa shape index (κ1) is 17.0. The second-order valence-corrected chi connectivity index (χ2v) is 9.14. The first-order valence-electron chi connectivity index (χ1n) is 7.70. The Balaban J connectivity index is 2.29. The van der Waals surface area contributed by atoms with Gasteiger partial charge in [0.2, 0.25) is 5.95 Å². The summed E-state index contributed by atoms with van der Waals surface area (Å²) in [5.41, 5.74) is 0.745. The molecule has 1 N–H and O–H groups in total. The van der Waals surface area contributed by atoms with Gasteiger partial charge in [0.05, 0.1) is 11.5 Å². The molecule has 7 heteroatoms. The molecule has 1 unspecified atom stereocenters. The largest absolute Gasteiger partial charge is 0.353 e. The Bertz CT molecular complexity index is 637. The predicted molar refractivity (Wildman–Crippen MR) is 90.2 cm³/mol. The summed E-state index contributed by atoms with van der Waals surface area (Å²) < 4.78 is 23.5. The number of aromatic nitrogens is 2. The number of nitrogens with zero attached hydrogens (tertiary/aromatic N) is 3. The fourth-order valence-electron chi connectivity index (χ4n) is 2.72. The third-order valence-corrected chi connectivity index (χ3v) is 5.36. The van der Waals surface area contributed by atoms with Crippen LogP contribution in [0.15, 0.2) is 6.07 Å². The minimum Gasteiger partial charge on any atom is -0.353 e. The standard InChI is InChI=1S/C15H26N4O2S/c1-6-19(12-7-8-22(20,21)10-12)13-9-11(2)16-14(17-13)18-15(3,4)5/h9,12H,6-8,10H2,1-5H3,(H,16,17,18). The first-order valence-corrected chi connectivity index (χ1v) is 9.53. The van der Waals surface area contributed by atoms with Gasteiger partial charge in [-0.25, -0.2) is 13.4 Å². The lowest BCUT2D eigenvalue weighted by Gasteiger charge is -2.29. The van der Waals surface area contributed by atoms with E-state index in [-0.39, 0.29) is 23.1 Å². The molecule has 2 rings (SSSR count). The highest BCUT2D eigenvalue weighted by atomic mass is 32.2. The number of aryl methyl sites for hydroxylation is 1. The maximum atomic E-state index is 11.7. The Morgan fingerprint density at radius 1 is 1.36 bits per heavy atom. The normalized spacial score (nSPS) is 20.9. The highest BCUT2D eigenvalue weighted by molar-refractivity contribution is 7.91. The molecule has 6 nitrogen and oxygen atoms in total. The van der Waals surface area contributed by atoms with Crippen LogP contribution in [0.3, 0.4) is 0 Å². The van der Waals surface area contributed by atoms with Crippen molar-refractivity contribution in [2.45, 2.75) is 52.6 Å². The molecule has 2 heterocycles. The summed E-state index contributed by atoms with van der Waals surface area (Å²) in [7, 11) is -2.91. The molecule has 0 radical (unpaired) electrons. The topological polar surface area (TPSA) is 75.2 Å². The van der Waals surface area contributed by atoms with E-state index in [4.69, 9.17) is 0 Å². The van der Waals surface area contributed by atoms with E-state index in [9.17, 15) is 8.42 Å². The molecule has 0 bridgehead atoms. The molecule has 22 heavy (non-hydrogen) atoms. The maximum Gasteiger partial charge on any atom is 0.225 e. The molecule has 124 valence electrons. The van der Waals surface area contributed by atoms with E-state index >= 15 is 0 Å². The number of anilines is 2. The van der Waals surface area contributed by atoms with E-state index in [1.807, 2.05) is 19.9 Å². The maximum absolute atomic E-state index is 11.7. The Hall–Kier alpha value is -1.37. The molecule has 1 atom stereocenters. The minimum absolute atomic E-state index is 0.00628. The van der Waals surface area contributed by atoms with Crippen LogP contribution < -0.4 is 10.2 Å². The molecule has 1 saturated heterocycles. The second kappa shape index (κ2) is 6.02. The summed E-state index contributed by atoms with van der Waals surface area (Å²) in [5.74, 6) is 1.86. The lowest BCUT2D eigenvalue weighted by molar-refractivity contribution is 0.599. The van der Waals surface area contributed by atoms with E-state index in [1.165, 1.54) is 0 Å². The van der Waals surface area contributed by atoms with Crippen molar-refractivity contribution in [3.05, 3.63) is 11.8 Å². The van der Waals surface area contributed by atoms with Crippen molar-refractivity contribution in [2.75, 3.05) is 28.3 Å². The summed E-state index contributed by atoms with van der Waals surface area (Å²) >= 11 is 0. The zero-order valence-electron chi connectivity index (χ0n) is 14.0. The highest BCUT2D eigenvalue weighted by Gasteiger charge is 2.32. The summed E-state index contributed by atoms with van der Waals surface area (Å²) in [5, 5.41) is 3.28. The van der Waals surface area contributed by atoms with Gasteiger partial charge in [-0.05, 0) is 41.0 Å². The Morgan fingerprint density at radius 3 is 2.55 bits per heavy atom. The van der Waals surface area contributed by atoms with Crippen molar-refractivity contribution >= 4 is 21.6 Å². The van der Waals surface area contributed by atoms with Crippen LogP contribution in [0.25, 0.3) is 0 Å². The van der Waals surface area contributed by atoms with E-state index in [1.54, 1.807) is 0 Å². The van der Waals surface area contributed by atoms with Gasteiger partial charge in [0.25, 0.3) is 0 Å². The Labute approximate surface area is 133 Å². The Kier molecular flexibility index (Phi) is 4.65. The molecule has 0 saturated carbocycles. The number of hydrogen-bond donors (Lipinski definition) is 1. The van der Waals surface area contributed by atoms with Gasteiger partial charge in [0.15, 0.2) is 9.84 Å². The van der Waals surface area contributed by atoms with Crippen LogP contribution in [0.2, 0.25) is 0 Å². The number of rotatable bonds is 4. The van der Waals surface area contributed by atoms with Gasteiger partial charge in [-0.2, -0.15) is 4.98 Å². The van der Waals surface area contributed by atoms with E-state index in [2.05, 4.69) is 41.0 Å². The first-order chi connectivity index (χ1) is 10.1. The van der Waals surface area contributed by atoms with Gasteiger partial charge in [-0.3, -0.25) is 0 Å². The van der Waals surface area contributed by atoms with E-state index < -0.39 is 9.84 Å². The van der Waals surface area contributed by atoms with Crippen molar-refractivity contribution in [1.82, 2.24) is 9.97 Å². The average molecular weight is 326 g/mol. The molecule has 1 aliphatic rings. The van der Waals surface area contributed by atoms with Gasteiger partial charge in [-0.1, -0.05) is 0 Å². The lowest BCUT2D eigenvalue weighted by Crippen LogP contribution is -2.37. The summed E-state index contributed by atoms with van der Waals surface area (Å²) in [6.07, 6.45) is 0.668. The van der Waals surface area contributed by atoms with Crippen LogP contribution in [-0.4, -0.2) is 48.0 Å². The lowest BCUT2D eigenvalue weighted by atomic mass is 10.1. The average Bonchev–Trinajstić information content (AvgIpc) is 2.67. The van der Waals surface area contributed by atoms with Crippen LogP contribution in [0.4, 0.5) is 11.8 Å². The van der Waals surface area contributed by atoms with Gasteiger partial charge in [0.1, 0.15) is 5.82 Å². The molecular formula is C15H26N4O2S. The third kappa shape index (κ3) is 4.32. The number of sulfone groups is 1. The monoisotopic (exact) mass is 326 g/mol. The smallest absolute Gasteiger partial charge is 0.225 e. The van der Waals surface area contributed by atoms with Crippen LogP contribution in [-0.2, 0) is 9.84 Å². The summed E-state index contributed by atoms with van der Waals surface area (Å²) in [6, 6.07) is 1.93. The van der Waals surface area contributed by atoms with Crippen LogP contribution in [0, 0.1) is 6.92 Å². The quantitative estimate of drug-likeness (QED) is 0.912. The van der Waals surface area contributed by atoms with Crippen molar-refractivity contribution in [1.29, 1.82) is 0 Å². The van der Waals surface area contributed by atoms with Crippen LogP contribution in [0.1, 0.15) is 39.8 Å². The zero-order chi connectivity index (χ0) is 16.5. The third-order valence-electron chi connectivity index (χ3n) is 3.61. The second-order valence-electron chi connectivity index (χ2n) is 6.91. The Morgan fingerprint density at radius 2 is 2.05 bits per heavy atom. The van der Waals surface area contributed by atoms with Gasteiger partial charge in [0, 0.05) is 29.9 Å². The number of nitrogens with one attached hydrogen (secondary N) is 1. The fourth-order valence-corrected chi connectivity index (χ4v) is 4.45. The zero-order valence-corrected chi connectivity index (χ0v) is 14.9. The molecule has 0 aliphatic carbocycles. The number of hydrogen-bond acceptors (Lipinski definition) is 6. The summed E-state index contributed by atoms with van der Waals surface area (Å²) in [4.78, 5) is 11.1. The van der Waals surface area contributed by atoms with Crippen molar-refractivity contribution in [3.8, 4) is 0 Å². The van der Waals surface area contributed by atoms with Gasteiger partial charge in [-0.15, -0.1) is 0 Å². The molecule has 1 aliphatic heterocycles. The molecule has 1 aromatic heterocycles. The van der Waals surface area contributed by atoms with Crippen molar-refractivity contribution < 1.29 is 8.42 Å². The molecule has 0 aromatic carbocycles. The molecular weight excluding hydrogens is 300 g/mol. The fraction of sp³-hybridized carbons (Fsp3) is 0.733. The van der Waals surface area contributed by atoms with Gasteiger partial charge >= 0.3 is 0 Å². The summed E-state index contributed by atoms with van der Waals surface area (Å²) in [6.45, 7) is 10.8. The van der Waals surface area contributed by atoms with Crippen LogP contribution >= 0.6 is 0 Å². The van der Waals surface area contributed by atoms with Crippen LogP contribution in [0.5, 0.6) is 0 Å². The molecule has 0 spiro atoms. The van der Waals surface area contributed by atoms with Crippen molar-refractivity contribution in [3.63, 3.8) is 0 Å². The SMILES string of the molecule is CCN(c1cc(C)nc(NC(C)(C)C)n1)C1CCS(=O)(=O)C1.